The first-order valence-corrected chi connectivity index (χ1v) is 9.62. The van der Waals surface area contributed by atoms with Crippen LogP contribution in [0, 0.1) is 5.82 Å². The van der Waals surface area contributed by atoms with Gasteiger partial charge in [-0.2, -0.15) is 0 Å². The molecule has 0 aliphatic carbocycles. The Hall–Kier alpha value is -3.25. The number of hydrogen-bond donors (Lipinski definition) is 0. The van der Waals surface area contributed by atoms with Gasteiger partial charge < -0.3 is 9.32 Å². The molecule has 3 aromatic rings. The maximum Gasteiger partial charge on any atom is 0.246 e. The van der Waals surface area contributed by atoms with Gasteiger partial charge in [0.15, 0.2) is 0 Å². The number of aromatic nitrogens is 1. The van der Waals surface area contributed by atoms with Crippen molar-refractivity contribution in [3.63, 3.8) is 0 Å². The number of pyridine rings is 1. The van der Waals surface area contributed by atoms with E-state index < -0.39 is 0 Å². The molecule has 1 aliphatic heterocycles. The number of nitrogens with zero attached hydrogens (tertiary/aromatic N) is 3. The fourth-order valence-corrected chi connectivity index (χ4v) is 3.38. The smallest absolute Gasteiger partial charge is 0.246 e. The van der Waals surface area contributed by atoms with Gasteiger partial charge in [0, 0.05) is 51.2 Å². The number of amides is 1. The molecule has 5 nitrogen and oxygen atoms in total. The van der Waals surface area contributed by atoms with Gasteiger partial charge in [0.1, 0.15) is 17.3 Å². The lowest BCUT2D eigenvalue weighted by molar-refractivity contribution is -0.127. The van der Waals surface area contributed by atoms with Crippen molar-refractivity contribution in [2.45, 2.75) is 6.54 Å². The Morgan fingerprint density at radius 1 is 1.03 bits per heavy atom. The largest absolute Gasteiger partial charge is 0.457 e. The number of furan rings is 1. The molecule has 0 radical (unpaired) electrons. The van der Waals surface area contributed by atoms with Crippen LogP contribution in [0.3, 0.4) is 0 Å². The first kappa shape index (κ1) is 19.1. The lowest BCUT2D eigenvalue weighted by Gasteiger charge is -2.34. The van der Waals surface area contributed by atoms with E-state index in [0.29, 0.717) is 30.2 Å². The van der Waals surface area contributed by atoms with Crippen LogP contribution in [-0.2, 0) is 11.3 Å². The summed E-state index contributed by atoms with van der Waals surface area (Å²) in [6.07, 6.45) is 6.75. The third kappa shape index (κ3) is 4.78. The van der Waals surface area contributed by atoms with Gasteiger partial charge >= 0.3 is 0 Å². The van der Waals surface area contributed by atoms with E-state index in [1.165, 1.54) is 17.7 Å². The first-order valence-electron chi connectivity index (χ1n) is 9.62. The van der Waals surface area contributed by atoms with E-state index in [1.54, 1.807) is 48.8 Å². The van der Waals surface area contributed by atoms with Crippen molar-refractivity contribution in [3.05, 3.63) is 84.1 Å². The minimum atomic E-state index is -0.335. The van der Waals surface area contributed by atoms with Crippen molar-refractivity contribution in [1.29, 1.82) is 0 Å². The van der Waals surface area contributed by atoms with Crippen LogP contribution >= 0.6 is 0 Å². The molecule has 148 valence electrons. The van der Waals surface area contributed by atoms with Gasteiger partial charge in [0.05, 0.1) is 5.56 Å². The molecule has 0 N–H and O–H groups in total. The van der Waals surface area contributed by atoms with Crippen molar-refractivity contribution in [3.8, 4) is 11.3 Å². The van der Waals surface area contributed by atoms with Crippen molar-refractivity contribution >= 4 is 12.0 Å². The summed E-state index contributed by atoms with van der Waals surface area (Å²) in [4.78, 5) is 20.7. The molecule has 1 saturated heterocycles. The number of benzene rings is 1. The van der Waals surface area contributed by atoms with Crippen LogP contribution in [0.4, 0.5) is 4.39 Å². The van der Waals surface area contributed by atoms with E-state index in [9.17, 15) is 9.18 Å². The highest BCUT2D eigenvalue weighted by atomic mass is 19.1. The summed E-state index contributed by atoms with van der Waals surface area (Å²) in [5.41, 5.74) is 1.63. The molecule has 6 heteroatoms. The third-order valence-electron chi connectivity index (χ3n) is 5.00. The Morgan fingerprint density at radius 2 is 1.79 bits per heavy atom. The zero-order valence-electron chi connectivity index (χ0n) is 16.0. The van der Waals surface area contributed by atoms with E-state index in [1.807, 2.05) is 17.0 Å². The van der Waals surface area contributed by atoms with Crippen LogP contribution in [0.25, 0.3) is 17.4 Å². The zero-order chi connectivity index (χ0) is 20.1. The van der Waals surface area contributed by atoms with Crippen LogP contribution in [0.15, 0.2) is 71.4 Å². The van der Waals surface area contributed by atoms with E-state index in [-0.39, 0.29) is 11.7 Å². The molecule has 1 amide bonds. The highest BCUT2D eigenvalue weighted by molar-refractivity contribution is 5.91. The van der Waals surface area contributed by atoms with E-state index >= 15 is 0 Å². The number of halogens is 1. The van der Waals surface area contributed by atoms with Crippen LogP contribution in [0.5, 0.6) is 0 Å². The summed E-state index contributed by atoms with van der Waals surface area (Å²) < 4.78 is 19.5. The highest BCUT2D eigenvalue weighted by Gasteiger charge is 2.19. The summed E-state index contributed by atoms with van der Waals surface area (Å²) >= 11 is 0. The van der Waals surface area contributed by atoms with Gasteiger partial charge in [0.2, 0.25) is 5.91 Å². The standard InChI is InChI=1S/C23H22FN3O2/c24-21-4-2-1-3-20(21)22-7-5-19(29-22)6-8-23(28)27-15-13-26(14-16-27)17-18-9-11-25-12-10-18/h1-12H,13-17H2. The van der Waals surface area contributed by atoms with Crippen LogP contribution < -0.4 is 0 Å². The van der Waals surface area contributed by atoms with Gasteiger partial charge in [-0.25, -0.2) is 4.39 Å². The molecule has 3 heterocycles. The number of hydrogen-bond acceptors (Lipinski definition) is 4. The maximum absolute atomic E-state index is 13.9. The fourth-order valence-electron chi connectivity index (χ4n) is 3.38. The molecule has 0 bridgehead atoms. The summed E-state index contributed by atoms with van der Waals surface area (Å²) in [7, 11) is 0. The second kappa shape index (κ2) is 8.84. The quantitative estimate of drug-likeness (QED) is 0.620. The van der Waals surface area contributed by atoms with Crippen molar-refractivity contribution in [2.75, 3.05) is 26.2 Å². The molecule has 1 aliphatic rings. The molecule has 1 aromatic carbocycles. The number of piperazine rings is 1. The van der Waals surface area contributed by atoms with Crippen LogP contribution in [0.2, 0.25) is 0 Å². The first-order chi connectivity index (χ1) is 14.2. The monoisotopic (exact) mass is 391 g/mol. The number of carbonyl (C=O) groups is 1. The maximum atomic E-state index is 13.9. The molecular weight excluding hydrogens is 369 g/mol. The summed E-state index contributed by atoms with van der Waals surface area (Å²) in [5.74, 6) is 0.586. The Morgan fingerprint density at radius 3 is 2.55 bits per heavy atom. The van der Waals surface area contributed by atoms with Gasteiger partial charge in [-0.3, -0.25) is 14.7 Å². The Labute approximate surface area is 169 Å². The average molecular weight is 391 g/mol. The lowest BCUT2D eigenvalue weighted by atomic mass is 10.1. The Balaban J connectivity index is 1.31. The van der Waals surface area contributed by atoms with E-state index in [0.717, 1.165) is 19.6 Å². The van der Waals surface area contributed by atoms with Crippen molar-refractivity contribution in [2.24, 2.45) is 0 Å². The fraction of sp³-hybridized carbons (Fsp3) is 0.217. The van der Waals surface area contributed by atoms with Gasteiger partial charge in [-0.15, -0.1) is 0 Å². The molecule has 4 rings (SSSR count). The molecular formula is C23H22FN3O2. The topological polar surface area (TPSA) is 49.6 Å². The van der Waals surface area contributed by atoms with Gasteiger partial charge in [0.25, 0.3) is 0 Å². The predicted octanol–water partition coefficient (Wildman–Crippen LogP) is 3.84. The summed E-state index contributed by atoms with van der Waals surface area (Å²) in [6.45, 7) is 3.91. The lowest BCUT2D eigenvalue weighted by Crippen LogP contribution is -2.47. The van der Waals surface area contributed by atoms with E-state index in [2.05, 4.69) is 9.88 Å². The van der Waals surface area contributed by atoms with Crippen LogP contribution in [0.1, 0.15) is 11.3 Å². The summed E-state index contributed by atoms with van der Waals surface area (Å²) in [6, 6.07) is 13.9. The second-order valence-electron chi connectivity index (χ2n) is 6.97. The molecule has 0 saturated carbocycles. The van der Waals surface area contributed by atoms with E-state index in [4.69, 9.17) is 4.42 Å². The molecule has 0 spiro atoms. The van der Waals surface area contributed by atoms with Gasteiger partial charge in [-0.05, 0) is 48.0 Å². The molecule has 0 unspecified atom stereocenters. The number of carbonyl (C=O) groups excluding carboxylic acids is 1. The second-order valence-corrected chi connectivity index (χ2v) is 6.97. The van der Waals surface area contributed by atoms with Crippen molar-refractivity contribution < 1.29 is 13.6 Å². The highest BCUT2D eigenvalue weighted by Crippen LogP contribution is 2.25. The predicted molar refractivity (Wildman–Crippen MR) is 109 cm³/mol. The van der Waals surface area contributed by atoms with Crippen molar-refractivity contribution in [1.82, 2.24) is 14.8 Å². The minimum absolute atomic E-state index is 0.0441. The molecule has 1 fully saturated rings. The SMILES string of the molecule is O=C(C=Cc1ccc(-c2ccccc2F)o1)N1CCN(Cc2ccncc2)CC1. The molecule has 29 heavy (non-hydrogen) atoms. The van der Waals surface area contributed by atoms with Crippen LogP contribution in [-0.4, -0.2) is 46.9 Å². The Kier molecular flexibility index (Phi) is 5.81. The molecule has 0 atom stereocenters. The third-order valence-corrected chi connectivity index (χ3v) is 5.00. The number of rotatable bonds is 5. The van der Waals surface area contributed by atoms with Gasteiger partial charge in [-0.1, -0.05) is 12.1 Å². The minimum Gasteiger partial charge on any atom is -0.457 e. The average Bonchev–Trinajstić information content (AvgIpc) is 3.22. The zero-order valence-corrected chi connectivity index (χ0v) is 16.0. The molecule has 2 aromatic heterocycles. The summed E-state index contributed by atoms with van der Waals surface area (Å²) in [5, 5.41) is 0. The Bertz CT molecular complexity index is 992. The normalized spacial score (nSPS) is 15.1.